The summed E-state index contributed by atoms with van der Waals surface area (Å²) < 4.78 is 36.4. The molecule has 0 unspecified atom stereocenters. The van der Waals surface area contributed by atoms with Crippen LogP contribution in [0.15, 0.2) is 35.2 Å². The fourth-order valence-corrected chi connectivity index (χ4v) is 3.22. The number of hydrogen-bond donors (Lipinski definition) is 2. The number of hydrogen-bond acceptors (Lipinski definition) is 8. The van der Waals surface area contributed by atoms with Gasteiger partial charge in [-0.25, -0.2) is 27.7 Å². The second-order valence-corrected chi connectivity index (χ2v) is 6.87. The van der Waals surface area contributed by atoms with E-state index in [1.54, 1.807) is 11.6 Å². The fraction of sp³-hybridized carbons (Fsp3) is 0.200. The van der Waals surface area contributed by atoms with Gasteiger partial charge < -0.3 is 9.47 Å². The molecule has 2 aromatic rings. The maximum absolute atomic E-state index is 12.5. The number of amides is 2. The molecular weight excluding hydrogens is 440 g/mol. The summed E-state index contributed by atoms with van der Waals surface area (Å²) in [6.45, 7) is 1.65. The summed E-state index contributed by atoms with van der Waals surface area (Å²) in [5, 5.41) is 2.10. The minimum atomic E-state index is -4.38. The predicted octanol–water partition coefficient (Wildman–Crippen LogP) is 0.909. The predicted molar refractivity (Wildman–Crippen MR) is 104 cm³/mol. The maximum atomic E-state index is 12.5. The Morgan fingerprint density at radius 3 is 2.54 bits per heavy atom. The second-order valence-electron chi connectivity index (χ2n) is 4.83. The normalized spacial score (nSPS) is 10.4. The van der Waals surface area contributed by atoms with Crippen LogP contribution in [0.5, 0.6) is 5.88 Å². The molecule has 13 heteroatoms. The van der Waals surface area contributed by atoms with E-state index in [0.717, 1.165) is 0 Å². The van der Waals surface area contributed by atoms with E-state index in [4.69, 9.17) is 21.1 Å². The number of halogens is 1. The Bertz CT molecular complexity index is 973. The number of aromatic nitrogens is 2. The van der Waals surface area contributed by atoms with E-state index in [-0.39, 0.29) is 66.9 Å². The molecule has 2 rings (SSSR count). The van der Waals surface area contributed by atoms with Crippen LogP contribution in [0.4, 0.5) is 10.7 Å². The zero-order valence-corrected chi connectivity index (χ0v) is 15.8. The number of sulfonamides is 1. The SMILES string of the molecule is CCOC(=O)c1ccccc1S(=O)(=O)NC(=O)Nc1nc(Cl)cc(OC)n1.[CaH2]. The van der Waals surface area contributed by atoms with Crippen molar-refractivity contribution >= 4 is 77.3 Å². The van der Waals surface area contributed by atoms with Gasteiger partial charge >= 0.3 is 49.7 Å². The number of nitrogens with one attached hydrogen (secondary N) is 2. The molecular formula is C15H17CaClN4O6S. The van der Waals surface area contributed by atoms with Gasteiger partial charge in [-0.2, -0.15) is 4.98 Å². The monoisotopic (exact) mass is 456 g/mol. The van der Waals surface area contributed by atoms with Crippen LogP contribution in [0.2, 0.25) is 5.15 Å². The van der Waals surface area contributed by atoms with Gasteiger partial charge in [-0.15, -0.1) is 0 Å². The van der Waals surface area contributed by atoms with Gasteiger partial charge in [-0.05, 0) is 19.1 Å². The van der Waals surface area contributed by atoms with Gasteiger partial charge in [0.05, 0.1) is 19.3 Å². The van der Waals surface area contributed by atoms with Crippen LogP contribution in [-0.4, -0.2) is 81.8 Å². The molecule has 2 N–H and O–H groups in total. The number of benzene rings is 1. The topological polar surface area (TPSA) is 137 Å². The van der Waals surface area contributed by atoms with Gasteiger partial charge in [-0.3, -0.25) is 5.32 Å². The van der Waals surface area contributed by atoms with Crippen molar-refractivity contribution in [3.8, 4) is 5.88 Å². The third-order valence-electron chi connectivity index (χ3n) is 3.00. The van der Waals surface area contributed by atoms with Gasteiger partial charge in [-0.1, -0.05) is 23.7 Å². The van der Waals surface area contributed by atoms with Crippen LogP contribution in [0, 0.1) is 0 Å². The van der Waals surface area contributed by atoms with Gasteiger partial charge in [0, 0.05) is 6.07 Å². The van der Waals surface area contributed by atoms with Gasteiger partial charge in [0.1, 0.15) is 10.0 Å². The Morgan fingerprint density at radius 1 is 1.21 bits per heavy atom. The average molecular weight is 457 g/mol. The first-order valence-corrected chi connectivity index (χ1v) is 9.31. The zero-order valence-electron chi connectivity index (χ0n) is 14.2. The van der Waals surface area contributed by atoms with Crippen molar-refractivity contribution in [1.82, 2.24) is 14.7 Å². The summed E-state index contributed by atoms with van der Waals surface area (Å²) in [6, 6.07) is 5.46. The summed E-state index contributed by atoms with van der Waals surface area (Å²) in [5.74, 6) is -1.03. The van der Waals surface area contributed by atoms with Crippen molar-refractivity contribution in [2.45, 2.75) is 11.8 Å². The van der Waals surface area contributed by atoms with E-state index >= 15 is 0 Å². The van der Waals surface area contributed by atoms with Crippen molar-refractivity contribution in [3.63, 3.8) is 0 Å². The molecule has 0 saturated heterocycles. The van der Waals surface area contributed by atoms with Crippen molar-refractivity contribution in [3.05, 3.63) is 41.0 Å². The van der Waals surface area contributed by atoms with Crippen LogP contribution in [0.3, 0.4) is 0 Å². The third kappa shape index (κ3) is 6.45. The van der Waals surface area contributed by atoms with E-state index < -0.39 is 26.9 Å². The molecule has 0 radical (unpaired) electrons. The summed E-state index contributed by atoms with van der Waals surface area (Å²) in [7, 11) is -3.05. The number of ether oxygens (including phenoxy) is 2. The van der Waals surface area contributed by atoms with Gasteiger partial charge in [0.15, 0.2) is 0 Å². The molecule has 148 valence electrons. The Morgan fingerprint density at radius 2 is 1.89 bits per heavy atom. The van der Waals surface area contributed by atoms with Crippen molar-refractivity contribution in [2.24, 2.45) is 0 Å². The van der Waals surface area contributed by atoms with Crippen molar-refractivity contribution in [2.75, 3.05) is 19.0 Å². The number of esters is 1. The molecule has 0 aliphatic heterocycles. The van der Waals surface area contributed by atoms with Crippen LogP contribution in [0.1, 0.15) is 17.3 Å². The summed E-state index contributed by atoms with van der Waals surface area (Å²) in [4.78, 5) is 31.1. The number of anilines is 1. The molecule has 1 aromatic heterocycles. The Balaban J connectivity index is 0.00000392. The second kappa shape index (κ2) is 10.8. The van der Waals surface area contributed by atoms with Crippen LogP contribution in [0.25, 0.3) is 0 Å². The van der Waals surface area contributed by atoms with Crippen LogP contribution < -0.4 is 14.8 Å². The molecule has 0 aliphatic carbocycles. The van der Waals surface area contributed by atoms with E-state index in [0.29, 0.717) is 0 Å². The first-order chi connectivity index (χ1) is 12.8. The number of carbonyl (C=O) groups excluding carboxylic acids is 2. The number of urea groups is 1. The first kappa shape index (κ1) is 24.4. The molecule has 10 nitrogen and oxygen atoms in total. The van der Waals surface area contributed by atoms with E-state index in [1.807, 2.05) is 0 Å². The zero-order chi connectivity index (χ0) is 20.0. The summed E-state index contributed by atoms with van der Waals surface area (Å²) in [6.07, 6.45) is 0. The molecule has 2 amide bonds. The molecule has 0 bridgehead atoms. The van der Waals surface area contributed by atoms with Crippen molar-refractivity contribution in [1.29, 1.82) is 0 Å². The minimum absolute atomic E-state index is 0. The standard InChI is InChI=1S/C15H15ClN4O6S.Ca.2H/c1-3-26-13(21)9-6-4-5-7-10(9)27(23,24)20-15(22)19-14-17-11(16)8-12(18-14)25-2;;;/h4-8H,3H2,1-2H3,(H2,17,18,19,20,22);;;. The Labute approximate surface area is 196 Å². The molecule has 28 heavy (non-hydrogen) atoms. The fourth-order valence-electron chi connectivity index (χ4n) is 1.94. The van der Waals surface area contributed by atoms with E-state index in [1.165, 1.54) is 37.4 Å². The van der Waals surface area contributed by atoms with Crippen LogP contribution in [-0.2, 0) is 14.8 Å². The van der Waals surface area contributed by atoms with E-state index in [2.05, 4.69) is 15.3 Å². The average Bonchev–Trinajstić information content (AvgIpc) is 2.60. The molecule has 0 saturated carbocycles. The number of carbonyl (C=O) groups is 2. The number of nitrogens with zero attached hydrogens (tertiary/aromatic N) is 2. The van der Waals surface area contributed by atoms with Gasteiger partial charge in [0.25, 0.3) is 10.0 Å². The van der Waals surface area contributed by atoms with Crippen molar-refractivity contribution < 1.29 is 27.5 Å². The van der Waals surface area contributed by atoms with Gasteiger partial charge in [0.2, 0.25) is 11.8 Å². The molecule has 0 aliphatic rings. The molecule has 0 spiro atoms. The number of rotatable bonds is 6. The molecule has 1 aromatic carbocycles. The molecule has 1 heterocycles. The summed E-state index contributed by atoms with van der Waals surface area (Å²) >= 11 is 5.75. The Hall–Kier alpha value is -1.66. The van der Waals surface area contributed by atoms with Crippen LogP contribution >= 0.6 is 11.6 Å². The Kier molecular flexibility index (Phi) is 9.37. The number of methoxy groups -OCH3 is 1. The summed E-state index contributed by atoms with van der Waals surface area (Å²) in [5.41, 5.74) is -0.208. The molecule has 0 atom stereocenters. The van der Waals surface area contributed by atoms with E-state index in [9.17, 15) is 18.0 Å². The quantitative estimate of drug-likeness (QED) is 0.372. The first-order valence-electron chi connectivity index (χ1n) is 7.45. The third-order valence-corrected chi connectivity index (χ3v) is 4.59. The molecule has 0 fully saturated rings.